The Morgan fingerprint density at radius 3 is 2.60 bits per heavy atom. The molecule has 1 aromatic carbocycles. The zero-order valence-corrected chi connectivity index (χ0v) is 11.9. The van der Waals surface area contributed by atoms with Gasteiger partial charge in [-0.3, -0.25) is 0 Å². The minimum atomic E-state index is -0.903. The van der Waals surface area contributed by atoms with Crippen LogP contribution < -0.4 is 4.74 Å². The molecule has 110 valence electrons. The van der Waals surface area contributed by atoms with Gasteiger partial charge in [0, 0.05) is 7.11 Å². The van der Waals surface area contributed by atoms with E-state index in [1.807, 2.05) is 6.07 Å². The Balaban J connectivity index is 2.18. The van der Waals surface area contributed by atoms with Crippen LogP contribution in [0.2, 0.25) is 0 Å². The van der Waals surface area contributed by atoms with Crippen molar-refractivity contribution in [1.82, 2.24) is 0 Å². The first-order valence-electron chi connectivity index (χ1n) is 7.20. The molecule has 0 spiro atoms. The lowest BCUT2D eigenvalue weighted by Crippen LogP contribution is -2.09. The van der Waals surface area contributed by atoms with E-state index in [0.29, 0.717) is 30.4 Å². The normalized spacial score (nSPS) is 16.1. The molecule has 2 rings (SSSR count). The van der Waals surface area contributed by atoms with Crippen LogP contribution in [0.4, 0.5) is 0 Å². The molecule has 1 aromatic rings. The maximum absolute atomic E-state index is 11.2. The monoisotopic (exact) mass is 278 g/mol. The molecule has 0 radical (unpaired) electrons. The summed E-state index contributed by atoms with van der Waals surface area (Å²) in [6.07, 6.45) is 6.01. The van der Waals surface area contributed by atoms with Crippen molar-refractivity contribution < 1.29 is 19.4 Å². The lowest BCUT2D eigenvalue weighted by Gasteiger charge is -2.23. The van der Waals surface area contributed by atoms with E-state index < -0.39 is 5.97 Å². The molecule has 4 nitrogen and oxygen atoms in total. The maximum Gasteiger partial charge on any atom is 0.335 e. The summed E-state index contributed by atoms with van der Waals surface area (Å²) in [6.45, 7) is 0.930. The number of carboxylic acid groups (broad SMARTS) is 1. The Labute approximate surface area is 119 Å². The molecule has 4 heteroatoms. The molecule has 1 aliphatic rings. The van der Waals surface area contributed by atoms with Crippen LogP contribution in [0.25, 0.3) is 0 Å². The number of hydrogen-bond acceptors (Lipinski definition) is 3. The number of methoxy groups -OCH3 is 1. The van der Waals surface area contributed by atoms with Crippen LogP contribution in [-0.2, 0) is 4.74 Å². The van der Waals surface area contributed by atoms with E-state index in [2.05, 4.69) is 0 Å². The summed E-state index contributed by atoms with van der Waals surface area (Å²) in [7, 11) is 1.62. The molecule has 0 saturated heterocycles. The van der Waals surface area contributed by atoms with Gasteiger partial charge in [0.25, 0.3) is 0 Å². The van der Waals surface area contributed by atoms with Crippen molar-refractivity contribution in [2.45, 2.75) is 38.0 Å². The highest BCUT2D eigenvalue weighted by molar-refractivity contribution is 5.88. The van der Waals surface area contributed by atoms with E-state index >= 15 is 0 Å². The van der Waals surface area contributed by atoms with Gasteiger partial charge >= 0.3 is 5.97 Å². The minimum absolute atomic E-state index is 0.306. The van der Waals surface area contributed by atoms with Crippen molar-refractivity contribution in [2.24, 2.45) is 0 Å². The van der Waals surface area contributed by atoms with Crippen LogP contribution in [0.1, 0.15) is 53.9 Å². The third kappa shape index (κ3) is 3.97. The van der Waals surface area contributed by atoms with Crippen molar-refractivity contribution in [1.29, 1.82) is 0 Å². The number of ether oxygens (including phenoxy) is 2. The lowest BCUT2D eigenvalue weighted by atomic mass is 9.83. The van der Waals surface area contributed by atoms with Crippen LogP contribution in [-0.4, -0.2) is 31.4 Å². The Hall–Kier alpha value is -1.55. The van der Waals surface area contributed by atoms with Gasteiger partial charge < -0.3 is 14.6 Å². The number of rotatable bonds is 6. The first-order valence-corrected chi connectivity index (χ1v) is 7.20. The summed E-state index contributed by atoms with van der Waals surface area (Å²) in [5, 5.41) is 9.22. The molecule has 0 aromatic heterocycles. The molecule has 1 N–H and O–H groups in total. The van der Waals surface area contributed by atoms with Crippen LogP contribution in [0.5, 0.6) is 5.75 Å². The Morgan fingerprint density at radius 1 is 1.20 bits per heavy atom. The fourth-order valence-electron chi connectivity index (χ4n) is 2.74. The predicted octanol–water partition coefficient (Wildman–Crippen LogP) is 3.46. The number of hydrogen-bond donors (Lipinski definition) is 1. The molecule has 0 bridgehead atoms. The van der Waals surface area contributed by atoms with Crippen molar-refractivity contribution in [3.05, 3.63) is 29.3 Å². The molecule has 1 fully saturated rings. The average molecular weight is 278 g/mol. The van der Waals surface area contributed by atoms with E-state index in [1.54, 1.807) is 19.2 Å². The molecular weight excluding hydrogens is 256 g/mol. The number of benzene rings is 1. The summed E-state index contributed by atoms with van der Waals surface area (Å²) >= 11 is 0. The van der Waals surface area contributed by atoms with Gasteiger partial charge in [0.2, 0.25) is 0 Å². The summed E-state index contributed by atoms with van der Waals surface area (Å²) < 4.78 is 10.5. The van der Waals surface area contributed by atoms with E-state index in [1.165, 1.54) is 19.3 Å². The SMILES string of the molecule is COCCOc1cc(C(=O)O)cc(C2CCCCC2)c1. The third-order valence-corrected chi connectivity index (χ3v) is 3.81. The average Bonchev–Trinajstić information content (AvgIpc) is 2.48. The fraction of sp³-hybridized carbons (Fsp3) is 0.562. The standard InChI is InChI=1S/C16H22O4/c1-19-7-8-20-15-10-13(9-14(11-15)16(17)18)12-5-3-2-4-6-12/h9-12H,2-8H2,1H3,(H,17,18). The van der Waals surface area contributed by atoms with E-state index in [9.17, 15) is 9.90 Å². The van der Waals surface area contributed by atoms with Crippen LogP contribution in [0.15, 0.2) is 18.2 Å². The van der Waals surface area contributed by atoms with E-state index in [-0.39, 0.29) is 0 Å². The highest BCUT2D eigenvalue weighted by Crippen LogP contribution is 2.34. The van der Waals surface area contributed by atoms with Gasteiger partial charge in [-0.2, -0.15) is 0 Å². The molecule has 20 heavy (non-hydrogen) atoms. The maximum atomic E-state index is 11.2. The van der Waals surface area contributed by atoms with Crippen molar-refractivity contribution >= 4 is 5.97 Å². The Bertz CT molecular complexity index is 450. The smallest absolute Gasteiger partial charge is 0.335 e. The molecule has 0 unspecified atom stereocenters. The van der Waals surface area contributed by atoms with Gasteiger partial charge in [-0.15, -0.1) is 0 Å². The first kappa shape index (κ1) is 14.9. The van der Waals surface area contributed by atoms with Gasteiger partial charge in [-0.1, -0.05) is 19.3 Å². The summed E-state index contributed by atoms with van der Waals surface area (Å²) in [5.74, 6) is 0.189. The van der Waals surface area contributed by atoms with Crippen molar-refractivity contribution in [3.63, 3.8) is 0 Å². The molecule has 0 aliphatic heterocycles. The highest BCUT2D eigenvalue weighted by atomic mass is 16.5. The van der Waals surface area contributed by atoms with Gasteiger partial charge in [-0.05, 0) is 42.5 Å². The molecule has 0 amide bonds. The molecule has 0 heterocycles. The second kappa shape index (κ2) is 7.29. The minimum Gasteiger partial charge on any atom is -0.491 e. The number of aromatic carboxylic acids is 1. The topological polar surface area (TPSA) is 55.8 Å². The largest absolute Gasteiger partial charge is 0.491 e. The van der Waals surface area contributed by atoms with E-state index in [4.69, 9.17) is 9.47 Å². The number of carbonyl (C=O) groups is 1. The predicted molar refractivity (Wildman–Crippen MR) is 76.6 cm³/mol. The fourth-order valence-corrected chi connectivity index (χ4v) is 2.74. The lowest BCUT2D eigenvalue weighted by molar-refractivity contribution is 0.0696. The van der Waals surface area contributed by atoms with Crippen molar-refractivity contribution in [2.75, 3.05) is 20.3 Å². The van der Waals surface area contributed by atoms with Crippen LogP contribution in [0.3, 0.4) is 0 Å². The summed E-state index contributed by atoms with van der Waals surface area (Å²) in [6, 6.07) is 5.36. The first-order chi connectivity index (χ1) is 9.70. The molecular formula is C16H22O4. The second-order valence-electron chi connectivity index (χ2n) is 5.27. The second-order valence-corrected chi connectivity index (χ2v) is 5.27. The Morgan fingerprint density at radius 2 is 1.95 bits per heavy atom. The third-order valence-electron chi connectivity index (χ3n) is 3.81. The Kier molecular flexibility index (Phi) is 5.41. The molecule has 1 saturated carbocycles. The summed E-state index contributed by atoms with van der Waals surface area (Å²) in [5.41, 5.74) is 1.40. The van der Waals surface area contributed by atoms with Gasteiger partial charge in [0.05, 0.1) is 12.2 Å². The molecule has 0 atom stereocenters. The van der Waals surface area contributed by atoms with Crippen LogP contribution >= 0.6 is 0 Å². The highest BCUT2D eigenvalue weighted by Gasteiger charge is 2.18. The zero-order valence-electron chi connectivity index (χ0n) is 11.9. The zero-order chi connectivity index (χ0) is 14.4. The van der Waals surface area contributed by atoms with Gasteiger partial charge in [-0.25, -0.2) is 4.79 Å². The van der Waals surface area contributed by atoms with Gasteiger partial charge in [0.1, 0.15) is 12.4 Å². The van der Waals surface area contributed by atoms with Gasteiger partial charge in [0.15, 0.2) is 0 Å². The van der Waals surface area contributed by atoms with E-state index in [0.717, 1.165) is 18.4 Å². The van der Waals surface area contributed by atoms with Crippen molar-refractivity contribution in [3.8, 4) is 5.75 Å². The quantitative estimate of drug-likeness (QED) is 0.810. The summed E-state index contributed by atoms with van der Waals surface area (Å²) in [4.78, 5) is 11.2. The molecule has 1 aliphatic carbocycles. The van der Waals surface area contributed by atoms with Crippen LogP contribution in [0, 0.1) is 0 Å². The number of carboxylic acids is 1.